The molecule has 0 saturated carbocycles. The molecule has 1 fully saturated rings. The van der Waals surface area contributed by atoms with Crippen LogP contribution in [-0.4, -0.2) is 46.8 Å². The van der Waals surface area contributed by atoms with Crippen LogP contribution < -0.4 is 15.2 Å². The number of anilines is 2. The number of thiazole rings is 1. The number of rotatable bonds is 8. The Bertz CT molecular complexity index is 1020. The number of hydrogen-bond donors (Lipinski definition) is 2. The van der Waals surface area contributed by atoms with Gasteiger partial charge in [-0.3, -0.25) is 4.90 Å². The number of hydrogen-bond acceptors (Lipinski definition) is 8. The van der Waals surface area contributed by atoms with Gasteiger partial charge in [0.05, 0.1) is 42.1 Å². The number of aromatic nitrogens is 1. The number of nitrogens with two attached hydrogens (primary N) is 1. The lowest BCUT2D eigenvalue weighted by atomic mass is 10.1. The topological polar surface area (TPSA) is 95.7 Å². The van der Waals surface area contributed by atoms with Crippen LogP contribution in [0.4, 0.5) is 10.8 Å². The average Bonchev–Trinajstić information content (AvgIpc) is 3.24. The standard InChI is InChI=1S/C23H28N4O3S2/c1-16(2)30-22-8-7-19(32(24)28)13-20(22)25-23-26-21(15-31-23)18-5-3-17(4-6-18)14-27-9-11-29-12-10-27/h3-8,13,15-16H,9-12,14,24H2,1-2H3,(H,25,26). The zero-order valence-electron chi connectivity index (χ0n) is 18.2. The number of nitrogens with zero attached hydrogens (tertiary/aromatic N) is 2. The van der Waals surface area contributed by atoms with Crippen LogP contribution in [0.1, 0.15) is 19.4 Å². The minimum atomic E-state index is -1.57. The van der Waals surface area contributed by atoms with Crippen molar-refractivity contribution < 1.29 is 14.0 Å². The maximum absolute atomic E-state index is 11.7. The fourth-order valence-corrected chi connectivity index (χ4v) is 4.63. The van der Waals surface area contributed by atoms with E-state index in [9.17, 15) is 4.55 Å². The third kappa shape index (κ3) is 6.00. The lowest BCUT2D eigenvalue weighted by Gasteiger charge is -2.26. The van der Waals surface area contributed by atoms with Crippen LogP contribution in [-0.2, 0) is 22.6 Å². The Hall–Kier alpha value is -2.14. The SMILES string of the molecule is CC(C)Oc1ccc([S+](N)[O-])cc1Nc1nc(-c2ccc(CN3CCOCC3)cc2)cs1. The van der Waals surface area contributed by atoms with Crippen molar-refractivity contribution in [2.45, 2.75) is 31.4 Å². The molecule has 3 aromatic rings. The van der Waals surface area contributed by atoms with Crippen molar-refractivity contribution in [1.29, 1.82) is 0 Å². The van der Waals surface area contributed by atoms with Gasteiger partial charge < -0.3 is 19.3 Å². The van der Waals surface area contributed by atoms with E-state index >= 15 is 0 Å². The van der Waals surface area contributed by atoms with Crippen molar-refractivity contribution in [3.05, 3.63) is 53.4 Å². The van der Waals surface area contributed by atoms with E-state index in [4.69, 9.17) is 19.6 Å². The zero-order valence-corrected chi connectivity index (χ0v) is 19.9. The first-order valence-corrected chi connectivity index (χ1v) is 12.7. The van der Waals surface area contributed by atoms with Crippen LogP contribution in [0.25, 0.3) is 11.3 Å². The minimum absolute atomic E-state index is 0.00704. The average molecular weight is 473 g/mol. The maximum Gasteiger partial charge on any atom is 0.187 e. The molecule has 2 aromatic carbocycles. The lowest BCUT2D eigenvalue weighted by Crippen LogP contribution is -2.35. The van der Waals surface area contributed by atoms with E-state index in [0.29, 0.717) is 16.3 Å². The maximum atomic E-state index is 11.7. The summed E-state index contributed by atoms with van der Waals surface area (Å²) in [6.07, 6.45) is 0.00704. The molecular weight excluding hydrogens is 444 g/mol. The predicted octanol–water partition coefficient (Wildman–Crippen LogP) is 4.15. The Balaban J connectivity index is 1.47. The van der Waals surface area contributed by atoms with Gasteiger partial charge in [0.1, 0.15) is 5.75 Å². The van der Waals surface area contributed by atoms with Crippen LogP contribution in [0.3, 0.4) is 0 Å². The Morgan fingerprint density at radius 2 is 1.97 bits per heavy atom. The summed E-state index contributed by atoms with van der Waals surface area (Å²) in [6.45, 7) is 8.42. The van der Waals surface area contributed by atoms with E-state index in [0.717, 1.165) is 49.2 Å². The molecule has 2 heterocycles. The number of ether oxygens (including phenoxy) is 2. The van der Waals surface area contributed by atoms with Gasteiger partial charge in [0.2, 0.25) is 0 Å². The molecular formula is C23H28N4O3S2. The summed E-state index contributed by atoms with van der Waals surface area (Å²) in [6, 6.07) is 13.8. The highest BCUT2D eigenvalue weighted by Gasteiger charge is 2.15. The van der Waals surface area contributed by atoms with Crippen molar-refractivity contribution in [1.82, 2.24) is 9.88 Å². The third-order valence-corrected chi connectivity index (χ3v) is 6.53. The van der Waals surface area contributed by atoms with Crippen LogP contribution in [0.5, 0.6) is 5.75 Å². The monoisotopic (exact) mass is 472 g/mol. The fourth-order valence-electron chi connectivity index (χ4n) is 3.47. The Kier molecular flexibility index (Phi) is 7.67. The first kappa shape index (κ1) is 23.0. The molecule has 1 saturated heterocycles. The van der Waals surface area contributed by atoms with Crippen molar-refractivity contribution in [2.24, 2.45) is 5.14 Å². The highest BCUT2D eigenvalue weighted by Crippen LogP contribution is 2.33. The Labute approximate surface area is 195 Å². The van der Waals surface area contributed by atoms with Gasteiger partial charge in [0.15, 0.2) is 10.0 Å². The molecule has 1 unspecified atom stereocenters. The van der Waals surface area contributed by atoms with Crippen LogP contribution in [0, 0.1) is 0 Å². The van der Waals surface area contributed by atoms with Gasteiger partial charge >= 0.3 is 0 Å². The molecule has 0 radical (unpaired) electrons. The molecule has 3 N–H and O–H groups in total. The molecule has 0 bridgehead atoms. The van der Waals surface area contributed by atoms with E-state index in [-0.39, 0.29) is 6.10 Å². The summed E-state index contributed by atoms with van der Waals surface area (Å²) < 4.78 is 23.0. The number of morpholine rings is 1. The molecule has 7 nitrogen and oxygen atoms in total. The van der Waals surface area contributed by atoms with Crippen molar-refractivity contribution in [3.63, 3.8) is 0 Å². The van der Waals surface area contributed by atoms with Gasteiger partial charge in [-0.2, -0.15) is 0 Å². The van der Waals surface area contributed by atoms with Gasteiger partial charge in [0.25, 0.3) is 0 Å². The summed E-state index contributed by atoms with van der Waals surface area (Å²) in [5.41, 5.74) is 3.94. The normalized spacial score (nSPS) is 15.7. The molecule has 170 valence electrons. The summed E-state index contributed by atoms with van der Waals surface area (Å²) in [4.78, 5) is 7.66. The summed E-state index contributed by atoms with van der Waals surface area (Å²) in [7, 11) is 0. The van der Waals surface area contributed by atoms with E-state index in [1.807, 2.05) is 19.2 Å². The Morgan fingerprint density at radius 1 is 1.22 bits per heavy atom. The smallest absolute Gasteiger partial charge is 0.187 e. The van der Waals surface area contributed by atoms with Crippen LogP contribution >= 0.6 is 11.3 Å². The molecule has 0 aliphatic carbocycles. The molecule has 0 amide bonds. The van der Waals surface area contributed by atoms with Crippen molar-refractivity contribution in [2.75, 3.05) is 31.6 Å². The molecule has 0 spiro atoms. The molecule has 1 atom stereocenters. The summed E-state index contributed by atoms with van der Waals surface area (Å²) >= 11 is -0.0643. The predicted molar refractivity (Wildman–Crippen MR) is 130 cm³/mol. The second-order valence-electron chi connectivity index (χ2n) is 7.87. The van der Waals surface area contributed by atoms with E-state index in [1.165, 1.54) is 16.9 Å². The summed E-state index contributed by atoms with van der Waals surface area (Å²) in [5, 5.41) is 11.6. The van der Waals surface area contributed by atoms with Gasteiger partial charge in [-0.1, -0.05) is 24.3 Å². The zero-order chi connectivity index (χ0) is 22.5. The second kappa shape index (κ2) is 10.7. The molecule has 4 rings (SSSR count). The van der Waals surface area contributed by atoms with E-state index in [2.05, 4.69) is 34.5 Å². The molecule has 1 aliphatic heterocycles. The first-order valence-electron chi connectivity index (χ1n) is 10.6. The van der Waals surface area contributed by atoms with E-state index in [1.54, 1.807) is 18.2 Å². The van der Waals surface area contributed by atoms with E-state index < -0.39 is 11.4 Å². The number of nitrogens with one attached hydrogen (secondary N) is 1. The van der Waals surface area contributed by atoms with Crippen LogP contribution in [0.2, 0.25) is 0 Å². The summed E-state index contributed by atoms with van der Waals surface area (Å²) in [5.74, 6) is 0.665. The quantitative estimate of drug-likeness (QED) is 0.475. The second-order valence-corrected chi connectivity index (χ2v) is 9.79. The molecule has 9 heteroatoms. The highest BCUT2D eigenvalue weighted by molar-refractivity contribution is 7.89. The molecule has 1 aliphatic rings. The van der Waals surface area contributed by atoms with Crippen molar-refractivity contribution >= 4 is 33.5 Å². The van der Waals surface area contributed by atoms with Gasteiger partial charge in [-0.25, -0.2) is 4.98 Å². The van der Waals surface area contributed by atoms with Gasteiger partial charge in [0, 0.05) is 36.6 Å². The highest BCUT2D eigenvalue weighted by atomic mass is 32.2. The third-order valence-electron chi connectivity index (χ3n) is 5.05. The van der Waals surface area contributed by atoms with Gasteiger partial charge in [-0.15, -0.1) is 16.5 Å². The minimum Gasteiger partial charge on any atom is -0.593 e. The van der Waals surface area contributed by atoms with Crippen LogP contribution in [0.15, 0.2) is 52.7 Å². The molecule has 32 heavy (non-hydrogen) atoms. The molecule has 1 aromatic heterocycles. The van der Waals surface area contributed by atoms with Crippen molar-refractivity contribution in [3.8, 4) is 17.0 Å². The largest absolute Gasteiger partial charge is 0.593 e. The number of benzene rings is 2. The lowest BCUT2D eigenvalue weighted by molar-refractivity contribution is 0.0342. The fraction of sp³-hybridized carbons (Fsp3) is 0.348. The Morgan fingerprint density at radius 3 is 2.66 bits per heavy atom. The first-order chi connectivity index (χ1) is 15.5. The van der Waals surface area contributed by atoms with Gasteiger partial charge in [-0.05, 0) is 31.5 Å².